The van der Waals surface area contributed by atoms with Crippen molar-refractivity contribution in [1.82, 2.24) is 0 Å². The van der Waals surface area contributed by atoms with Crippen molar-refractivity contribution >= 4 is 20.4 Å². The van der Waals surface area contributed by atoms with E-state index >= 15 is 0 Å². The summed E-state index contributed by atoms with van der Waals surface area (Å²) in [5.41, 5.74) is 0.957. The van der Waals surface area contributed by atoms with Crippen LogP contribution in [0.15, 0.2) is 12.1 Å². The molecule has 3 rings (SSSR count). The number of rotatable bonds is 11. The number of aryl methyl sites for hydroxylation is 1. The number of hydrogen-bond donors (Lipinski definition) is 0. The molecule has 1 saturated carbocycles. The van der Waals surface area contributed by atoms with E-state index in [4.69, 9.17) is 11.6 Å². The first-order chi connectivity index (χ1) is 15.1. The molecule has 2 fully saturated rings. The SMILES string of the molecule is CCCCC[SiH]1CCC([C@H]2CC[C@H](CCCCc3ccc(Cl)c(F)c3CF)CC2)CC1. The van der Waals surface area contributed by atoms with Crippen molar-refractivity contribution in [3.63, 3.8) is 0 Å². The average molecular weight is 469 g/mol. The molecule has 1 aliphatic heterocycles. The van der Waals surface area contributed by atoms with Gasteiger partial charge in [-0.2, -0.15) is 0 Å². The van der Waals surface area contributed by atoms with Crippen LogP contribution < -0.4 is 0 Å². The third-order valence-corrected chi connectivity index (χ3v) is 12.2. The zero-order valence-electron chi connectivity index (χ0n) is 19.6. The standard InChI is InChI=1S/C27H43ClF2Si/c1-2-3-6-17-31-18-15-23(16-19-31)22-11-9-21(10-12-22)7-4-5-8-24-13-14-26(28)27(30)25(24)20-29/h13-14,21-23,31H,2-12,15-20H2,1H3/t21-,22-,23?,31?. The molecular formula is C27H43ClF2Si. The first-order valence-corrected chi connectivity index (χ1v) is 16.0. The molecule has 4 heteroatoms. The molecule has 176 valence electrons. The lowest BCUT2D eigenvalue weighted by Crippen LogP contribution is -2.28. The second-order valence-corrected chi connectivity index (χ2v) is 14.3. The van der Waals surface area contributed by atoms with E-state index < -0.39 is 12.5 Å². The third kappa shape index (κ3) is 7.56. The molecule has 1 aromatic carbocycles. The molecule has 0 aromatic heterocycles. The first kappa shape index (κ1) is 25.2. The minimum absolute atomic E-state index is 0.0282. The third-order valence-electron chi connectivity index (χ3n) is 8.40. The van der Waals surface area contributed by atoms with Gasteiger partial charge in [-0.25, -0.2) is 8.78 Å². The van der Waals surface area contributed by atoms with E-state index in [-0.39, 0.29) is 19.4 Å². The van der Waals surface area contributed by atoms with Crippen molar-refractivity contribution < 1.29 is 8.78 Å². The van der Waals surface area contributed by atoms with E-state index in [9.17, 15) is 8.78 Å². The fourth-order valence-electron chi connectivity index (χ4n) is 6.34. The number of benzene rings is 1. The maximum Gasteiger partial charge on any atom is 0.147 e. The van der Waals surface area contributed by atoms with Gasteiger partial charge in [0.05, 0.1) is 5.02 Å². The number of alkyl halides is 1. The molecule has 0 nitrogen and oxygen atoms in total. The van der Waals surface area contributed by atoms with Gasteiger partial charge in [0.1, 0.15) is 12.5 Å². The zero-order valence-corrected chi connectivity index (χ0v) is 21.5. The van der Waals surface area contributed by atoms with Crippen LogP contribution in [0, 0.1) is 23.6 Å². The molecule has 1 aromatic rings. The molecule has 0 spiro atoms. The summed E-state index contributed by atoms with van der Waals surface area (Å²) in [7, 11) is -0.375. The summed E-state index contributed by atoms with van der Waals surface area (Å²) in [5.74, 6) is 2.34. The summed E-state index contributed by atoms with van der Waals surface area (Å²) >= 11 is 5.79. The minimum atomic E-state index is -0.769. The van der Waals surface area contributed by atoms with Crippen LogP contribution in [0.1, 0.15) is 95.1 Å². The topological polar surface area (TPSA) is 0 Å². The van der Waals surface area contributed by atoms with Crippen LogP contribution in [0.5, 0.6) is 0 Å². The van der Waals surface area contributed by atoms with E-state index in [1.165, 1.54) is 57.8 Å². The van der Waals surface area contributed by atoms with Crippen molar-refractivity contribution in [2.45, 2.75) is 115 Å². The van der Waals surface area contributed by atoms with Crippen LogP contribution in [0.25, 0.3) is 0 Å². The summed E-state index contributed by atoms with van der Waals surface area (Å²) in [6.45, 7) is 1.55. The van der Waals surface area contributed by atoms with E-state index in [0.717, 1.165) is 36.2 Å². The predicted molar refractivity (Wildman–Crippen MR) is 133 cm³/mol. The van der Waals surface area contributed by atoms with Gasteiger partial charge in [0.25, 0.3) is 0 Å². The van der Waals surface area contributed by atoms with Gasteiger partial charge in [0, 0.05) is 14.4 Å². The van der Waals surface area contributed by atoms with Gasteiger partial charge in [-0.05, 0) is 55.1 Å². The zero-order chi connectivity index (χ0) is 22.1. The molecule has 31 heavy (non-hydrogen) atoms. The minimum Gasteiger partial charge on any atom is -0.246 e. The van der Waals surface area contributed by atoms with E-state index in [2.05, 4.69) is 6.92 Å². The maximum absolute atomic E-state index is 14.0. The van der Waals surface area contributed by atoms with Crippen molar-refractivity contribution in [2.75, 3.05) is 0 Å². The Balaban J connectivity index is 1.30. The molecule has 0 radical (unpaired) electrons. The van der Waals surface area contributed by atoms with Crippen molar-refractivity contribution in [3.05, 3.63) is 34.1 Å². The molecule has 1 aliphatic carbocycles. The van der Waals surface area contributed by atoms with Crippen LogP contribution in [0.3, 0.4) is 0 Å². The molecule has 0 unspecified atom stereocenters. The van der Waals surface area contributed by atoms with Gasteiger partial charge in [-0.3, -0.25) is 0 Å². The van der Waals surface area contributed by atoms with Crippen LogP contribution in [-0.2, 0) is 13.1 Å². The van der Waals surface area contributed by atoms with Gasteiger partial charge in [0.15, 0.2) is 0 Å². The quantitative estimate of drug-likeness (QED) is 0.224. The normalized spacial score (nSPS) is 26.8. The Kier molecular flexibility index (Phi) is 10.8. The summed E-state index contributed by atoms with van der Waals surface area (Å²) in [4.78, 5) is 0. The molecule has 2 aliphatic rings. The fraction of sp³-hybridized carbons (Fsp3) is 0.778. The van der Waals surface area contributed by atoms with Crippen LogP contribution >= 0.6 is 11.6 Å². The molecule has 0 amide bonds. The number of hydrogen-bond acceptors (Lipinski definition) is 0. The maximum atomic E-state index is 14.0. The van der Waals surface area contributed by atoms with Crippen LogP contribution in [0.4, 0.5) is 8.78 Å². The predicted octanol–water partition coefficient (Wildman–Crippen LogP) is 9.30. The van der Waals surface area contributed by atoms with E-state index in [0.29, 0.717) is 0 Å². The highest BCUT2D eigenvalue weighted by Crippen LogP contribution is 2.42. The number of unbranched alkanes of at least 4 members (excludes halogenated alkanes) is 3. The Bertz CT molecular complexity index is 649. The monoisotopic (exact) mass is 468 g/mol. The Hall–Kier alpha value is -0.413. The van der Waals surface area contributed by atoms with E-state index in [1.54, 1.807) is 43.1 Å². The molecule has 1 heterocycles. The van der Waals surface area contributed by atoms with Crippen LogP contribution in [-0.4, -0.2) is 8.80 Å². The molecule has 0 atom stereocenters. The van der Waals surface area contributed by atoms with Crippen molar-refractivity contribution in [2.24, 2.45) is 17.8 Å². The lowest BCUT2D eigenvalue weighted by molar-refractivity contribution is 0.184. The van der Waals surface area contributed by atoms with Gasteiger partial charge in [-0.1, -0.05) is 101 Å². The highest BCUT2D eigenvalue weighted by atomic mass is 35.5. The Labute approximate surface area is 196 Å². The Morgan fingerprint density at radius 2 is 1.65 bits per heavy atom. The summed E-state index contributed by atoms with van der Waals surface area (Å²) in [6, 6.07) is 8.23. The first-order valence-electron chi connectivity index (χ1n) is 13.1. The highest BCUT2D eigenvalue weighted by Gasteiger charge is 2.30. The molecule has 1 saturated heterocycles. The fourth-order valence-corrected chi connectivity index (χ4v) is 10.0. The molecular weight excluding hydrogens is 426 g/mol. The lowest BCUT2D eigenvalue weighted by Gasteiger charge is -2.37. The van der Waals surface area contributed by atoms with Gasteiger partial charge >= 0.3 is 0 Å². The highest BCUT2D eigenvalue weighted by molar-refractivity contribution is 6.58. The van der Waals surface area contributed by atoms with Crippen molar-refractivity contribution in [1.29, 1.82) is 0 Å². The smallest absolute Gasteiger partial charge is 0.147 e. The summed E-state index contributed by atoms with van der Waals surface area (Å²) in [5, 5.41) is 0.0282. The van der Waals surface area contributed by atoms with Gasteiger partial charge < -0.3 is 0 Å². The summed E-state index contributed by atoms with van der Waals surface area (Å²) < 4.78 is 27.2. The Morgan fingerprint density at radius 1 is 0.935 bits per heavy atom. The second-order valence-electron chi connectivity index (χ2n) is 10.4. The van der Waals surface area contributed by atoms with E-state index in [1.807, 2.05) is 0 Å². The molecule has 0 bridgehead atoms. The summed E-state index contributed by atoms with van der Waals surface area (Å²) in [6.07, 6.45) is 17.4. The van der Waals surface area contributed by atoms with Gasteiger partial charge in [-0.15, -0.1) is 0 Å². The van der Waals surface area contributed by atoms with Gasteiger partial charge in [0.2, 0.25) is 0 Å². The Morgan fingerprint density at radius 3 is 2.32 bits per heavy atom. The van der Waals surface area contributed by atoms with Crippen molar-refractivity contribution in [3.8, 4) is 0 Å². The van der Waals surface area contributed by atoms with Crippen LogP contribution in [0.2, 0.25) is 23.2 Å². The molecule has 0 N–H and O–H groups in total. The largest absolute Gasteiger partial charge is 0.246 e. The number of halogens is 3. The second kappa shape index (κ2) is 13.3. The average Bonchev–Trinajstić information content (AvgIpc) is 2.80. The lowest BCUT2D eigenvalue weighted by atomic mass is 9.73.